The minimum absolute atomic E-state index is 0.171. The van der Waals surface area contributed by atoms with E-state index in [0.717, 1.165) is 11.3 Å². The van der Waals surface area contributed by atoms with Gasteiger partial charge in [0.05, 0.1) is 6.04 Å². The first-order valence-electron chi connectivity index (χ1n) is 8.66. The second kappa shape index (κ2) is 8.04. The number of rotatable bonds is 5. The lowest BCUT2D eigenvalue weighted by Crippen LogP contribution is -2.30. The van der Waals surface area contributed by atoms with E-state index in [9.17, 15) is 9.18 Å². The molecule has 0 fully saturated rings. The van der Waals surface area contributed by atoms with Crippen LogP contribution in [-0.4, -0.2) is 19.1 Å². The molecule has 1 N–H and O–H groups in total. The van der Waals surface area contributed by atoms with E-state index >= 15 is 0 Å². The number of carbonyl (C=O) groups excluding carboxylic acids is 1. The first kappa shape index (κ1) is 18.0. The lowest BCUT2D eigenvalue weighted by atomic mass is 9.95. The summed E-state index contributed by atoms with van der Waals surface area (Å²) in [6, 6.07) is 11.7. The Kier molecular flexibility index (Phi) is 5.56. The van der Waals surface area contributed by atoms with Crippen molar-refractivity contribution in [2.75, 3.05) is 13.2 Å². The van der Waals surface area contributed by atoms with E-state index in [0.29, 0.717) is 24.5 Å². The normalized spacial score (nSPS) is 14.5. The molecule has 0 radical (unpaired) electrons. The predicted molar refractivity (Wildman–Crippen MR) is 98.6 cm³/mol. The van der Waals surface area contributed by atoms with Crippen molar-refractivity contribution in [1.82, 2.24) is 5.32 Å². The molecule has 0 aromatic heterocycles. The Labute approximate surface area is 152 Å². The second-order valence-electron chi connectivity index (χ2n) is 6.52. The van der Waals surface area contributed by atoms with Gasteiger partial charge in [0.1, 0.15) is 19.0 Å². The Morgan fingerprint density at radius 3 is 2.62 bits per heavy atom. The van der Waals surface area contributed by atoms with Crippen LogP contribution >= 0.6 is 0 Å². The summed E-state index contributed by atoms with van der Waals surface area (Å²) in [5, 5.41) is 3.01. The molecule has 0 aliphatic carbocycles. The summed E-state index contributed by atoms with van der Waals surface area (Å²) in [5.41, 5.74) is 1.59. The maximum Gasteiger partial charge on any atom is 0.244 e. The van der Waals surface area contributed by atoms with Gasteiger partial charge in [-0.15, -0.1) is 0 Å². The molecule has 136 valence electrons. The van der Waals surface area contributed by atoms with Crippen LogP contribution in [0.3, 0.4) is 0 Å². The van der Waals surface area contributed by atoms with Crippen molar-refractivity contribution in [2.45, 2.75) is 19.9 Å². The van der Waals surface area contributed by atoms with Gasteiger partial charge in [-0.3, -0.25) is 4.79 Å². The maximum atomic E-state index is 13.2. The van der Waals surface area contributed by atoms with Crippen LogP contribution in [0, 0.1) is 11.7 Å². The zero-order valence-electron chi connectivity index (χ0n) is 14.9. The lowest BCUT2D eigenvalue weighted by molar-refractivity contribution is -0.117. The lowest BCUT2D eigenvalue weighted by Gasteiger charge is -2.25. The molecule has 0 bridgehead atoms. The van der Waals surface area contributed by atoms with Crippen molar-refractivity contribution in [1.29, 1.82) is 0 Å². The summed E-state index contributed by atoms with van der Waals surface area (Å²) in [6.45, 7) is 5.14. The Bertz CT molecular complexity index is 817. The molecular weight excluding hydrogens is 333 g/mol. The molecule has 5 heteroatoms. The number of halogens is 1. The maximum absolute atomic E-state index is 13.2. The third-order valence-electron chi connectivity index (χ3n) is 4.17. The monoisotopic (exact) mass is 355 g/mol. The van der Waals surface area contributed by atoms with E-state index in [-0.39, 0.29) is 23.7 Å². The van der Waals surface area contributed by atoms with E-state index in [1.165, 1.54) is 18.2 Å². The largest absolute Gasteiger partial charge is 0.486 e. The number of hydrogen-bond acceptors (Lipinski definition) is 3. The van der Waals surface area contributed by atoms with Crippen molar-refractivity contribution in [3.63, 3.8) is 0 Å². The highest BCUT2D eigenvalue weighted by molar-refractivity contribution is 5.92. The molecule has 26 heavy (non-hydrogen) atoms. The number of benzene rings is 2. The van der Waals surface area contributed by atoms with Crippen LogP contribution < -0.4 is 14.8 Å². The van der Waals surface area contributed by atoms with Crippen LogP contribution in [0.2, 0.25) is 0 Å². The van der Waals surface area contributed by atoms with E-state index in [1.54, 1.807) is 18.2 Å². The molecular formula is C21H22FNO3. The molecule has 2 aromatic carbocycles. The summed E-state index contributed by atoms with van der Waals surface area (Å²) in [5.74, 6) is 1.04. The van der Waals surface area contributed by atoms with Crippen molar-refractivity contribution in [2.24, 2.45) is 5.92 Å². The molecule has 1 unspecified atom stereocenters. The quantitative estimate of drug-likeness (QED) is 0.821. The zero-order valence-corrected chi connectivity index (χ0v) is 14.9. The van der Waals surface area contributed by atoms with Gasteiger partial charge in [0.25, 0.3) is 0 Å². The number of hydrogen-bond donors (Lipinski definition) is 1. The van der Waals surface area contributed by atoms with Gasteiger partial charge in [0.15, 0.2) is 11.5 Å². The topological polar surface area (TPSA) is 47.6 Å². The van der Waals surface area contributed by atoms with Gasteiger partial charge in [-0.1, -0.05) is 32.0 Å². The standard InChI is InChI=1S/C21H22FNO3/c1-14(2)21(16-7-8-18-19(13-16)26-11-10-25-18)23-20(24)9-6-15-4-3-5-17(22)12-15/h3-9,12-14,21H,10-11H2,1-2H3,(H,23,24). The third kappa shape index (κ3) is 4.42. The summed E-state index contributed by atoms with van der Waals surface area (Å²) >= 11 is 0. The smallest absolute Gasteiger partial charge is 0.244 e. The second-order valence-corrected chi connectivity index (χ2v) is 6.52. The summed E-state index contributed by atoms with van der Waals surface area (Å²) in [4.78, 5) is 12.3. The number of ether oxygens (including phenoxy) is 2. The van der Waals surface area contributed by atoms with Crippen molar-refractivity contribution in [3.05, 3.63) is 65.5 Å². The van der Waals surface area contributed by atoms with Crippen molar-refractivity contribution >= 4 is 12.0 Å². The Balaban J connectivity index is 1.73. The number of amides is 1. The predicted octanol–water partition coefficient (Wildman–Crippen LogP) is 4.12. The number of carbonyl (C=O) groups is 1. The van der Waals surface area contributed by atoms with Crippen molar-refractivity contribution < 1.29 is 18.7 Å². The number of nitrogens with one attached hydrogen (secondary N) is 1. The van der Waals surface area contributed by atoms with E-state index in [4.69, 9.17) is 9.47 Å². The Hall–Kier alpha value is -2.82. The minimum Gasteiger partial charge on any atom is -0.486 e. The Morgan fingerprint density at radius 2 is 1.88 bits per heavy atom. The molecule has 0 saturated carbocycles. The zero-order chi connectivity index (χ0) is 18.5. The van der Waals surface area contributed by atoms with Crippen LogP contribution in [0.15, 0.2) is 48.5 Å². The van der Waals surface area contributed by atoms with Gasteiger partial charge in [-0.05, 0) is 47.4 Å². The molecule has 2 aromatic rings. The van der Waals surface area contributed by atoms with E-state index in [1.807, 2.05) is 32.0 Å². The van der Waals surface area contributed by atoms with Crippen LogP contribution in [0.5, 0.6) is 11.5 Å². The molecule has 0 spiro atoms. The van der Waals surface area contributed by atoms with Crippen LogP contribution in [0.1, 0.15) is 31.0 Å². The fourth-order valence-electron chi connectivity index (χ4n) is 2.87. The molecule has 1 atom stereocenters. The highest BCUT2D eigenvalue weighted by Crippen LogP contribution is 2.34. The summed E-state index contributed by atoms with van der Waals surface area (Å²) in [7, 11) is 0. The highest BCUT2D eigenvalue weighted by Gasteiger charge is 2.20. The van der Waals surface area contributed by atoms with Gasteiger partial charge >= 0.3 is 0 Å². The molecule has 1 heterocycles. The van der Waals surface area contributed by atoms with Gasteiger partial charge in [-0.2, -0.15) is 0 Å². The average Bonchev–Trinajstić information content (AvgIpc) is 2.64. The fraction of sp³-hybridized carbons (Fsp3) is 0.286. The first-order chi connectivity index (χ1) is 12.5. The van der Waals surface area contributed by atoms with Crippen LogP contribution in [-0.2, 0) is 4.79 Å². The molecule has 3 rings (SSSR count). The number of fused-ring (bicyclic) bond motifs is 1. The van der Waals surface area contributed by atoms with Gasteiger partial charge in [0.2, 0.25) is 5.91 Å². The SMILES string of the molecule is CC(C)C(NC(=O)C=Cc1cccc(F)c1)c1ccc2c(c1)OCCO2. The van der Waals surface area contributed by atoms with Gasteiger partial charge < -0.3 is 14.8 Å². The van der Waals surface area contributed by atoms with Crippen LogP contribution in [0.4, 0.5) is 4.39 Å². The van der Waals surface area contributed by atoms with E-state index < -0.39 is 0 Å². The molecule has 1 amide bonds. The third-order valence-corrected chi connectivity index (χ3v) is 4.17. The minimum atomic E-state index is -0.330. The first-order valence-corrected chi connectivity index (χ1v) is 8.66. The molecule has 1 aliphatic heterocycles. The van der Waals surface area contributed by atoms with Crippen molar-refractivity contribution in [3.8, 4) is 11.5 Å². The summed E-state index contributed by atoms with van der Waals surface area (Å²) in [6.07, 6.45) is 3.02. The molecule has 0 saturated heterocycles. The van der Waals surface area contributed by atoms with E-state index in [2.05, 4.69) is 5.32 Å². The fourth-order valence-corrected chi connectivity index (χ4v) is 2.87. The summed E-state index contributed by atoms with van der Waals surface area (Å²) < 4.78 is 24.4. The van der Waals surface area contributed by atoms with Gasteiger partial charge in [-0.25, -0.2) is 4.39 Å². The van der Waals surface area contributed by atoms with Crippen LogP contribution in [0.25, 0.3) is 6.08 Å². The highest BCUT2D eigenvalue weighted by atomic mass is 19.1. The molecule has 4 nitrogen and oxygen atoms in total. The molecule has 1 aliphatic rings. The average molecular weight is 355 g/mol. The van der Waals surface area contributed by atoms with Gasteiger partial charge in [0, 0.05) is 6.08 Å². The Morgan fingerprint density at radius 1 is 1.12 bits per heavy atom.